The fourth-order valence-corrected chi connectivity index (χ4v) is 4.16. The number of hydrogen-bond donors (Lipinski definition) is 2. The van der Waals surface area contributed by atoms with Gasteiger partial charge in [-0.15, -0.1) is 0 Å². The summed E-state index contributed by atoms with van der Waals surface area (Å²) in [4.78, 5) is 23.7. The van der Waals surface area contributed by atoms with Gasteiger partial charge in [-0.25, -0.2) is 9.18 Å². The Morgan fingerprint density at radius 3 is 2.93 bits per heavy atom. The van der Waals surface area contributed by atoms with Crippen LogP contribution in [0.25, 0.3) is 0 Å². The van der Waals surface area contributed by atoms with Crippen molar-refractivity contribution < 1.29 is 23.8 Å². The second kappa shape index (κ2) is 7.64. The van der Waals surface area contributed by atoms with Crippen LogP contribution in [0.1, 0.15) is 29.5 Å². The Kier molecular flexibility index (Phi) is 5.00. The van der Waals surface area contributed by atoms with Gasteiger partial charge in [-0.05, 0) is 55.2 Å². The molecule has 152 valence electrons. The van der Waals surface area contributed by atoms with Crippen LogP contribution in [0.4, 0.5) is 10.1 Å². The lowest BCUT2D eigenvalue weighted by atomic mass is 9.87. The molecule has 30 heavy (non-hydrogen) atoms. The van der Waals surface area contributed by atoms with Gasteiger partial charge in [0.05, 0.1) is 18.2 Å². The van der Waals surface area contributed by atoms with Crippen molar-refractivity contribution in [2.24, 2.45) is 5.92 Å². The summed E-state index contributed by atoms with van der Waals surface area (Å²) in [7, 11) is 0. The van der Waals surface area contributed by atoms with Crippen LogP contribution >= 0.6 is 0 Å². The number of anilines is 1. The van der Waals surface area contributed by atoms with E-state index < -0.39 is 11.4 Å². The van der Waals surface area contributed by atoms with Gasteiger partial charge in [0.2, 0.25) is 5.91 Å². The minimum Gasteiger partial charge on any atom is -0.493 e. The Morgan fingerprint density at radius 1 is 1.33 bits per heavy atom. The number of allylic oxidation sites excluding steroid dienone is 1. The number of halogens is 1. The van der Waals surface area contributed by atoms with E-state index in [1.54, 1.807) is 24.3 Å². The maximum absolute atomic E-state index is 13.8. The average molecular weight is 406 g/mol. The molecule has 0 aromatic heterocycles. The van der Waals surface area contributed by atoms with Gasteiger partial charge >= 0.3 is 5.97 Å². The summed E-state index contributed by atoms with van der Waals surface area (Å²) in [6, 6.07) is 11.3. The van der Waals surface area contributed by atoms with E-state index in [9.17, 15) is 19.2 Å². The maximum atomic E-state index is 13.8. The third kappa shape index (κ3) is 3.64. The van der Waals surface area contributed by atoms with Gasteiger partial charge in [-0.2, -0.15) is 5.26 Å². The zero-order chi connectivity index (χ0) is 21.3. The van der Waals surface area contributed by atoms with Crippen LogP contribution in [-0.2, 0) is 21.4 Å². The number of aliphatic carboxylic acids is 1. The number of benzene rings is 2. The number of nitriles is 1. The molecule has 2 aromatic rings. The highest BCUT2D eigenvalue weighted by Crippen LogP contribution is 2.61. The molecule has 2 N–H and O–H groups in total. The van der Waals surface area contributed by atoms with Crippen LogP contribution in [0.5, 0.6) is 5.75 Å². The van der Waals surface area contributed by atoms with E-state index in [-0.39, 0.29) is 17.6 Å². The monoisotopic (exact) mass is 406 g/mol. The SMILES string of the molecule is N#Cc1ccc(CC=CC(=O)O)c(NC(=O)[C@@H]2C[C@]23CCOc2ccc(F)cc23)c1. The summed E-state index contributed by atoms with van der Waals surface area (Å²) in [5.41, 5.74) is 1.86. The topological polar surface area (TPSA) is 99.4 Å². The van der Waals surface area contributed by atoms with E-state index in [0.29, 0.717) is 48.4 Å². The minimum absolute atomic E-state index is 0.203. The molecular weight excluding hydrogens is 387 g/mol. The number of ether oxygens (including phenoxy) is 1. The van der Waals surface area contributed by atoms with Crippen LogP contribution in [0.15, 0.2) is 48.6 Å². The van der Waals surface area contributed by atoms with Crippen molar-refractivity contribution >= 4 is 17.6 Å². The molecule has 1 aliphatic carbocycles. The van der Waals surface area contributed by atoms with Crippen molar-refractivity contribution in [3.8, 4) is 11.8 Å². The highest BCUT2D eigenvalue weighted by Gasteiger charge is 2.61. The van der Waals surface area contributed by atoms with Gasteiger partial charge < -0.3 is 15.2 Å². The van der Waals surface area contributed by atoms with E-state index in [4.69, 9.17) is 9.84 Å². The lowest BCUT2D eigenvalue weighted by molar-refractivity contribution is -0.131. The summed E-state index contributed by atoms with van der Waals surface area (Å²) >= 11 is 0. The zero-order valence-corrected chi connectivity index (χ0v) is 16.0. The van der Waals surface area contributed by atoms with Crippen molar-refractivity contribution in [3.05, 3.63) is 71.1 Å². The second-order valence-electron chi connectivity index (χ2n) is 7.57. The van der Waals surface area contributed by atoms with Crippen LogP contribution in [0, 0.1) is 23.1 Å². The van der Waals surface area contributed by atoms with Crippen molar-refractivity contribution in [3.63, 3.8) is 0 Å². The van der Waals surface area contributed by atoms with Gasteiger partial charge in [0.15, 0.2) is 0 Å². The van der Waals surface area contributed by atoms with Crippen LogP contribution in [-0.4, -0.2) is 23.6 Å². The lowest BCUT2D eigenvalue weighted by Crippen LogP contribution is -2.27. The highest BCUT2D eigenvalue weighted by molar-refractivity contribution is 5.97. The van der Waals surface area contributed by atoms with Gasteiger partial charge in [0.1, 0.15) is 11.6 Å². The van der Waals surface area contributed by atoms with Crippen molar-refractivity contribution in [1.82, 2.24) is 0 Å². The van der Waals surface area contributed by atoms with Crippen molar-refractivity contribution in [2.75, 3.05) is 11.9 Å². The number of fused-ring (bicyclic) bond motifs is 2. The number of nitrogens with zero attached hydrogens (tertiary/aromatic N) is 1. The molecule has 2 atom stereocenters. The van der Waals surface area contributed by atoms with Gasteiger partial charge in [0.25, 0.3) is 0 Å². The summed E-state index contributed by atoms with van der Waals surface area (Å²) in [5, 5.41) is 20.9. The minimum atomic E-state index is -1.06. The maximum Gasteiger partial charge on any atom is 0.327 e. The third-order valence-corrected chi connectivity index (χ3v) is 5.77. The number of carboxylic acids is 1. The molecule has 1 spiro atoms. The first-order valence-electron chi connectivity index (χ1n) is 9.59. The summed E-state index contributed by atoms with van der Waals surface area (Å²) in [6.07, 6.45) is 4.05. The van der Waals surface area contributed by atoms with Crippen LogP contribution in [0.3, 0.4) is 0 Å². The van der Waals surface area contributed by atoms with E-state index >= 15 is 0 Å². The van der Waals surface area contributed by atoms with E-state index in [1.165, 1.54) is 18.2 Å². The fraction of sp³-hybridized carbons (Fsp3) is 0.261. The highest BCUT2D eigenvalue weighted by atomic mass is 19.1. The Morgan fingerprint density at radius 2 is 2.17 bits per heavy atom. The molecule has 2 aromatic carbocycles. The predicted molar refractivity (Wildman–Crippen MR) is 107 cm³/mol. The molecule has 2 aliphatic rings. The molecule has 0 saturated heterocycles. The van der Waals surface area contributed by atoms with E-state index in [2.05, 4.69) is 5.32 Å². The molecule has 6 nitrogen and oxygen atoms in total. The van der Waals surface area contributed by atoms with Crippen LogP contribution in [0.2, 0.25) is 0 Å². The van der Waals surface area contributed by atoms with Gasteiger partial charge in [-0.1, -0.05) is 12.1 Å². The fourth-order valence-electron chi connectivity index (χ4n) is 4.16. The van der Waals surface area contributed by atoms with E-state index in [0.717, 1.165) is 11.6 Å². The number of carbonyl (C=O) groups is 2. The number of carboxylic acid groups (broad SMARTS) is 1. The average Bonchev–Trinajstić information content (AvgIpc) is 3.44. The first kappa shape index (κ1) is 19.6. The molecule has 4 rings (SSSR count). The first-order chi connectivity index (χ1) is 14.4. The Labute approximate surface area is 172 Å². The standard InChI is InChI=1S/C23H19FN2O4/c24-16-6-7-20-17(11-16)23(8-9-30-20)12-18(23)22(29)26-19-10-14(13-25)4-5-15(19)2-1-3-21(27)28/h1,3-7,10-11,18H,2,8-9,12H2,(H,26,29)(H,27,28)/t18-,23-/m0/s1. The molecule has 0 radical (unpaired) electrons. The van der Waals surface area contributed by atoms with Crippen molar-refractivity contribution in [1.29, 1.82) is 5.26 Å². The molecule has 1 fully saturated rings. The largest absolute Gasteiger partial charge is 0.493 e. The molecule has 1 heterocycles. The van der Waals surface area contributed by atoms with E-state index in [1.807, 2.05) is 6.07 Å². The number of rotatable bonds is 5. The molecular formula is C23H19FN2O4. The van der Waals surface area contributed by atoms with Crippen LogP contribution < -0.4 is 10.1 Å². The Hall–Kier alpha value is -3.66. The van der Waals surface area contributed by atoms with Crippen molar-refractivity contribution in [2.45, 2.75) is 24.7 Å². The number of nitrogens with one attached hydrogen (secondary N) is 1. The molecule has 0 bridgehead atoms. The smallest absolute Gasteiger partial charge is 0.327 e. The van der Waals surface area contributed by atoms with Gasteiger partial charge in [0, 0.05) is 28.7 Å². The Balaban J connectivity index is 1.57. The third-order valence-electron chi connectivity index (χ3n) is 5.77. The predicted octanol–water partition coefficient (Wildman–Crippen LogP) is 3.56. The molecule has 1 aliphatic heterocycles. The lowest BCUT2D eigenvalue weighted by Gasteiger charge is -2.27. The molecule has 1 amide bonds. The number of hydrogen-bond acceptors (Lipinski definition) is 4. The molecule has 1 saturated carbocycles. The number of carbonyl (C=O) groups excluding carboxylic acids is 1. The summed E-state index contributed by atoms with van der Waals surface area (Å²) in [6.45, 7) is 0.470. The number of amides is 1. The zero-order valence-electron chi connectivity index (χ0n) is 16.0. The second-order valence-corrected chi connectivity index (χ2v) is 7.57. The normalized spacial score (nSPS) is 21.5. The molecule has 0 unspecified atom stereocenters. The summed E-state index contributed by atoms with van der Waals surface area (Å²) in [5.74, 6) is -1.33. The molecule has 7 heteroatoms. The Bertz CT molecular complexity index is 1100. The quantitative estimate of drug-likeness (QED) is 0.740. The van der Waals surface area contributed by atoms with Gasteiger partial charge in [-0.3, -0.25) is 4.79 Å². The summed E-state index contributed by atoms with van der Waals surface area (Å²) < 4.78 is 19.4. The first-order valence-corrected chi connectivity index (χ1v) is 9.59.